The molecule has 0 saturated carbocycles. The minimum atomic E-state index is -0.611. The zero-order valence-corrected chi connectivity index (χ0v) is 16.1. The van der Waals surface area contributed by atoms with Crippen molar-refractivity contribution in [1.29, 1.82) is 0 Å². The lowest BCUT2D eigenvalue weighted by Gasteiger charge is -2.31. The third kappa shape index (κ3) is 7.33. The molecule has 1 aromatic heterocycles. The molecule has 0 bridgehead atoms. The highest BCUT2D eigenvalue weighted by Crippen LogP contribution is 2.09. The maximum Gasteiger partial charge on any atom is 0.129 e. The lowest BCUT2D eigenvalue weighted by molar-refractivity contribution is -0.00153. The molecule has 1 aliphatic rings. The van der Waals surface area contributed by atoms with E-state index in [0.717, 1.165) is 50.7 Å². The van der Waals surface area contributed by atoms with Gasteiger partial charge in [-0.3, -0.25) is 9.80 Å². The molecule has 0 amide bonds. The largest absolute Gasteiger partial charge is 0.467 e. The molecule has 2 aromatic rings. The quantitative estimate of drug-likeness (QED) is 0.632. The van der Waals surface area contributed by atoms with Crippen molar-refractivity contribution >= 4 is 0 Å². The van der Waals surface area contributed by atoms with Crippen molar-refractivity contribution in [2.75, 3.05) is 52.5 Å². The van der Waals surface area contributed by atoms with Crippen molar-refractivity contribution in [3.63, 3.8) is 0 Å². The Kier molecular flexibility index (Phi) is 8.44. The lowest BCUT2D eigenvalue weighted by Crippen LogP contribution is -2.43. The molecule has 1 atom stereocenters. The number of halogens is 1. The van der Waals surface area contributed by atoms with Crippen LogP contribution in [0.2, 0.25) is 0 Å². The molecule has 1 fully saturated rings. The number of furan rings is 1. The number of benzene rings is 1. The first-order valence-corrected chi connectivity index (χ1v) is 9.74. The summed E-state index contributed by atoms with van der Waals surface area (Å²) in [7, 11) is 0. The van der Waals surface area contributed by atoms with E-state index in [4.69, 9.17) is 13.9 Å². The van der Waals surface area contributed by atoms with Gasteiger partial charge in [0.15, 0.2) is 0 Å². The molecular weight excluding hydrogens is 363 g/mol. The van der Waals surface area contributed by atoms with Crippen LogP contribution in [-0.2, 0) is 22.6 Å². The first-order valence-electron chi connectivity index (χ1n) is 9.74. The Balaban J connectivity index is 1.48. The normalized spacial score (nSPS) is 16.5. The number of hydrogen-bond acceptors (Lipinski definition) is 6. The summed E-state index contributed by atoms with van der Waals surface area (Å²) in [6.45, 7) is 6.83. The van der Waals surface area contributed by atoms with Crippen LogP contribution in [0.15, 0.2) is 47.1 Å². The monoisotopic (exact) mass is 392 g/mol. The fraction of sp³-hybridized carbons (Fsp3) is 0.524. The lowest BCUT2D eigenvalue weighted by atomic mass is 10.2. The number of hydrogen-bond donors (Lipinski definition) is 1. The van der Waals surface area contributed by atoms with Gasteiger partial charge in [-0.15, -0.1) is 0 Å². The van der Waals surface area contributed by atoms with E-state index in [1.807, 2.05) is 12.1 Å². The number of rotatable bonds is 11. The fourth-order valence-corrected chi connectivity index (χ4v) is 3.23. The molecule has 1 aromatic carbocycles. The summed E-state index contributed by atoms with van der Waals surface area (Å²) in [5.74, 6) is 0.498. The van der Waals surface area contributed by atoms with Crippen molar-refractivity contribution in [2.45, 2.75) is 19.3 Å². The summed E-state index contributed by atoms with van der Waals surface area (Å²) in [6.07, 6.45) is 0.991. The SMILES string of the molecule is OC(COCc1ccco1)CN(CCN1CCOCC1)Cc1ccc(F)cc1. The summed E-state index contributed by atoms with van der Waals surface area (Å²) in [6, 6.07) is 10.2. The molecular formula is C21H29FN2O4. The van der Waals surface area contributed by atoms with Crippen LogP contribution >= 0.6 is 0 Å². The van der Waals surface area contributed by atoms with Crippen molar-refractivity contribution in [3.05, 3.63) is 59.8 Å². The molecule has 3 rings (SSSR count). The highest BCUT2D eigenvalue weighted by molar-refractivity contribution is 5.15. The van der Waals surface area contributed by atoms with Crippen LogP contribution in [0.1, 0.15) is 11.3 Å². The van der Waals surface area contributed by atoms with Crippen LogP contribution in [0.4, 0.5) is 4.39 Å². The van der Waals surface area contributed by atoms with Gasteiger partial charge in [0, 0.05) is 39.3 Å². The van der Waals surface area contributed by atoms with Gasteiger partial charge < -0.3 is 19.0 Å². The zero-order valence-electron chi connectivity index (χ0n) is 16.1. The zero-order chi connectivity index (χ0) is 19.6. The standard InChI is InChI=1S/C21H29FN2O4/c22-19-5-3-18(4-6-19)14-24(8-7-23-9-12-26-13-10-23)15-20(25)16-27-17-21-2-1-11-28-21/h1-6,11,20,25H,7-10,12-17H2. The molecule has 0 aliphatic carbocycles. The number of aliphatic hydroxyl groups is 1. The van der Waals surface area contributed by atoms with Crippen LogP contribution in [0.5, 0.6) is 0 Å². The van der Waals surface area contributed by atoms with E-state index in [9.17, 15) is 9.50 Å². The number of morpholine rings is 1. The second kappa shape index (κ2) is 11.3. The van der Waals surface area contributed by atoms with Gasteiger partial charge >= 0.3 is 0 Å². The summed E-state index contributed by atoms with van der Waals surface area (Å²) >= 11 is 0. The maximum absolute atomic E-state index is 13.2. The predicted molar refractivity (Wildman–Crippen MR) is 103 cm³/mol. The Morgan fingerprint density at radius 2 is 1.96 bits per heavy atom. The Morgan fingerprint density at radius 1 is 1.18 bits per heavy atom. The van der Waals surface area contributed by atoms with Gasteiger partial charge in [0.05, 0.1) is 32.2 Å². The van der Waals surface area contributed by atoms with E-state index in [2.05, 4.69) is 9.80 Å². The first kappa shape index (κ1) is 21.0. The second-order valence-corrected chi connectivity index (χ2v) is 7.06. The molecule has 1 unspecified atom stereocenters. The molecule has 0 spiro atoms. The van der Waals surface area contributed by atoms with Crippen LogP contribution in [0, 0.1) is 5.82 Å². The van der Waals surface area contributed by atoms with Crippen LogP contribution in [0.3, 0.4) is 0 Å². The summed E-state index contributed by atoms with van der Waals surface area (Å²) in [4.78, 5) is 4.55. The molecule has 1 saturated heterocycles. The first-order chi connectivity index (χ1) is 13.7. The van der Waals surface area contributed by atoms with Crippen LogP contribution < -0.4 is 0 Å². The Bertz CT molecular complexity index is 660. The number of nitrogens with zero attached hydrogens (tertiary/aromatic N) is 2. The Labute approximate surface area is 165 Å². The topological polar surface area (TPSA) is 58.3 Å². The van der Waals surface area contributed by atoms with Crippen LogP contribution in [-0.4, -0.2) is 73.6 Å². The minimum absolute atomic E-state index is 0.234. The molecule has 1 N–H and O–H groups in total. The summed E-state index contributed by atoms with van der Waals surface area (Å²) < 4.78 is 29.4. The average molecular weight is 392 g/mol. The Morgan fingerprint density at radius 3 is 2.68 bits per heavy atom. The van der Waals surface area contributed by atoms with Gasteiger partial charge in [-0.05, 0) is 29.8 Å². The Hall–Kier alpha value is -1.77. The highest BCUT2D eigenvalue weighted by atomic mass is 19.1. The fourth-order valence-electron chi connectivity index (χ4n) is 3.23. The third-order valence-electron chi connectivity index (χ3n) is 4.76. The number of aliphatic hydroxyl groups excluding tert-OH is 1. The van der Waals surface area contributed by atoms with Crippen molar-refractivity contribution in [3.8, 4) is 0 Å². The van der Waals surface area contributed by atoms with Gasteiger partial charge in [0.2, 0.25) is 0 Å². The van der Waals surface area contributed by atoms with Gasteiger partial charge in [0.1, 0.15) is 18.2 Å². The molecule has 2 heterocycles. The van der Waals surface area contributed by atoms with E-state index in [0.29, 0.717) is 19.7 Å². The van der Waals surface area contributed by atoms with Gasteiger partial charge in [0.25, 0.3) is 0 Å². The van der Waals surface area contributed by atoms with Crippen molar-refractivity contribution in [2.24, 2.45) is 0 Å². The third-order valence-corrected chi connectivity index (χ3v) is 4.76. The van der Waals surface area contributed by atoms with E-state index in [1.54, 1.807) is 18.4 Å². The average Bonchev–Trinajstić information content (AvgIpc) is 3.22. The van der Waals surface area contributed by atoms with Gasteiger partial charge in [-0.2, -0.15) is 0 Å². The smallest absolute Gasteiger partial charge is 0.129 e. The number of ether oxygens (including phenoxy) is 2. The molecule has 7 heteroatoms. The summed E-state index contributed by atoms with van der Waals surface area (Å²) in [5.41, 5.74) is 1.02. The van der Waals surface area contributed by atoms with Crippen molar-refractivity contribution in [1.82, 2.24) is 9.80 Å². The van der Waals surface area contributed by atoms with E-state index in [-0.39, 0.29) is 12.4 Å². The minimum Gasteiger partial charge on any atom is -0.467 e. The van der Waals surface area contributed by atoms with Crippen LogP contribution in [0.25, 0.3) is 0 Å². The molecule has 6 nitrogen and oxygen atoms in total. The predicted octanol–water partition coefficient (Wildman–Crippen LogP) is 2.13. The molecule has 1 aliphatic heterocycles. The van der Waals surface area contributed by atoms with E-state index in [1.165, 1.54) is 12.1 Å². The summed E-state index contributed by atoms with van der Waals surface area (Å²) in [5, 5.41) is 10.4. The molecule has 154 valence electrons. The maximum atomic E-state index is 13.2. The van der Waals surface area contributed by atoms with Crippen molar-refractivity contribution < 1.29 is 23.4 Å². The van der Waals surface area contributed by atoms with Gasteiger partial charge in [-0.25, -0.2) is 4.39 Å². The second-order valence-electron chi connectivity index (χ2n) is 7.06. The van der Waals surface area contributed by atoms with Gasteiger partial charge in [-0.1, -0.05) is 12.1 Å². The van der Waals surface area contributed by atoms with E-state index >= 15 is 0 Å². The molecule has 0 radical (unpaired) electrons. The molecule has 28 heavy (non-hydrogen) atoms. The van der Waals surface area contributed by atoms with E-state index < -0.39 is 6.10 Å². The highest BCUT2D eigenvalue weighted by Gasteiger charge is 2.16.